The summed E-state index contributed by atoms with van der Waals surface area (Å²) in [5.41, 5.74) is 0. The molecule has 0 saturated heterocycles. The van der Waals surface area contributed by atoms with E-state index < -0.39 is 0 Å². The zero-order valence-corrected chi connectivity index (χ0v) is 12.6. The molecule has 0 radical (unpaired) electrons. The minimum atomic E-state index is 0.575. The van der Waals surface area contributed by atoms with Crippen LogP contribution in [0.1, 0.15) is 71.6 Å². The number of unbranched alkanes of at least 4 members (excludes halogenated alkanes) is 6. The highest BCUT2D eigenvalue weighted by atomic mass is 15.2. The summed E-state index contributed by atoms with van der Waals surface area (Å²) in [6, 6.07) is 0. The van der Waals surface area contributed by atoms with Crippen molar-refractivity contribution in [1.29, 1.82) is 0 Å². The topological polar surface area (TPSA) is 15.3 Å². The molecule has 1 unspecified atom stereocenters. The van der Waals surface area contributed by atoms with Crippen molar-refractivity contribution >= 4 is 0 Å². The molecule has 0 heterocycles. The predicted octanol–water partition coefficient (Wildman–Crippen LogP) is 4.01. The van der Waals surface area contributed by atoms with Gasteiger partial charge < -0.3 is 5.32 Å². The van der Waals surface area contributed by atoms with Crippen molar-refractivity contribution in [3.8, 4) is 0 Å². The van der Waals surface area contributed by atoms with Gasteiger partial charge in [0.1, 0.15) is 0 Å². The first-order chi connectivity index (χ1) is 8.22. The van der Waals surface area contributed by atoms with Gasteiger partial charge in [0.05, 0.1) is 6.17 Å². The Morgan fingerprint density at radius 2 is 1.41 bits per heavy atom. The second-order valence-corrected chi connectivity index (χ2v) is 5.34. The molecule has 0 aromatic carbocycles. The number of hydrogen-bond acceptors (Lipinski definition) is 2. The van der Waals surface area contributed by atoms with E-state index in [2.05, 4.69) is 38.2 Å². The van der Waals surface area contributed by atoms with Crippen LogP contribution in [0.5, 0.6) is 0 Å². The summed E-state index contributed by atoms with van der Waals surface area (Å²) in [6.45, 7) is 5.65. The highest BCUT2D eigenvalue weighted by molar-refractivity contribution is 4.63. The third-order valence-electron chi connectivity index (χ3n) is 3.33. The van der Waals surface area contributed by atoms with Crippen molar-refractivity contribution in [2.24, 2.45) is 0 Å². The minimum Gasteiger partial charge on any atom is -0.302 e. The molecular formula is C15H34N2. The van der Waals surface area contributed by atoms with E-state index in [1.54, 1.807) is 0 Å². The Balaban J connectivity index is 3.41. The first-order valence-corrected chi connectivity index (χ1v) is 7.62. The summed E-state index contributed by atoms with van der Waals surface area (Å²) >= 11 is 0. The van der Waals surface area contributed by atoms with Gasteiger partial charge in [0.15, 0.2) is 0 Å². The molecule has 17 heavy (non-hydrogen) atoms. The van der Waals surface area contributed by atoms with E-state index in [9.17, 15) is 0 Å². The quantitative estimate of drug-likeness (QED) is 0.411. The summed E-state index contributed by atoms with van der Waals surface area (Å²) in [4.78, 5) is 2.31. The van der Waals surface area contributed by atoms with Crippen molar-refractivity contribution in [2.75, 3.05) is 20.6 Å². The van der Waals surface area contributed by atoms with Crippen LogP contribution in [-0.2, 0) is 0 Å². The maximum absolute atomic E-state index is 3.61. The molecule has 0 amide bonds. The van der Waals surface area contributed by atoms with Crippen molar-refractivity contribution in [2.45, 2.75) is 77.8 Å². The van der Waals surface area contributed by atoms with Gasteiger partial charge in [0.2, 0.25) is 0 Å². The van der Waals surface area contributed by atoms with Crippen LogP contribution >= 0.6 is 0 Å². The lowest BCUT2D eigenvalue weighted by atomic mass is 10.1. The molecular weight excluding hydrogens is 208 g/mol. The lowest BCUT2D eigenvalue weighted by molar-refractivity contribution is 0.227. The summed E-state index contributed by atoms with van der Waals surface area (Å²) in [5.74, 6) is 0. The van der Waals surface area contributed by atoms with Gasteiger partial charge in [-0.25, -0.2) is 0 Å². The highest BCUT2D eigenvalue weighted by Gasteiger charge is 2.08. The number of rotatable bonds is 12. The van der Waals surface area contributed by atoms with Gasteiger partial charge in [0, 0.05) is 0 Å². The Morgan fingerprint density at radius 1 is 0.824 bits per heavy atom. The fourth-order valence-electron chi connectivity index (χ4n) is 2.15. The fraction of sp³-hybridized carbons (Fsp3) is 1.00. The molecule has 1 N–H and O–H groups in total. The van der Waals surface area contributed by atoms with Gasteiger partial charge in [-0.15, -0.1) is 0 Å². The van der Waals surface area contributed by atoms with E-state index in [0.29, 0.717) is 6.17 Å². The first kappa shape index (κ1) is 16.9. The molecule has 0 aliphatic carbocycles. The molecule has 2 heteroatoms. The molecule has 0 aromatic heterocycles. The number of nitrogens with one attached hydrogen (secondary N) is 1. The van der Waals surface area contributed by atoms with Crippen molar-refractivity contribution in [3.63, 3.8) is 0 Å². The second-order valence-electron chi connectivity index (χ2n) is 5.34. The monoisotopic (exact) mass is 242 g/mol. The molecule has 1 atom stereocenters. The summed E-state index contributed by atoms with van der Waals surface area (Å²) in [6.07, 6.45) is 12.9. The smallest absolute Gasteiger partial charge is 0.0592 e. The predicted molar refractivity (Wildman–Crippen MR) is 78.4 cm³/mol. The van der Waals surface area contributed by atoms with Crippen LogP contribution < -0.4 is 5.32 Å². The molecule has 0 bridgehead atoms. The molecule has 0 rings (SSSR count). The van der Waals surface area contributed by atoms with E-state index in [1.165, 1.54) is 57.8 Å². The third kappa shape index (κ3) is 10.8. The van der Waals surface area contributed by atoms with Crippen LogP contribution in [0.2, 0.25) is 0 Å². The van der Waals surface area contributed by atoms with Crippen LogP contribution in [0.3, 0.4) is 0 Å². The molecule has 0 aromatic rings. The van der Waals surface area contributed by atoms with E-state index in [4.69, 9.17) is 0 Å². The van der Waals surface area contributed by atoms with E-state index in [0.717, 1.165) is 6.54 Å². The van der Waals surface area contributed by atoms with E-state index >= 15 is 0 Å². The molecule has 2 nitrogen and oxygen atoms in total. The van der Waals surface area contributed by atoms with Crippen molar-refractivity contribution in [3.05, 3.63) is 0 Å². The minimum absolute atomic E-state index is 0.575. The second kappa shape index (κ2) is 12.4. The Labute approximate surface area is 109 Å². The lowest BCUT2D eigenvalue weighted by Crippen LogP contribution is -2.41. The van der Waals surface area contributed by atoms with Crippen LogP contribution in [0.4, 0.5) is 0 Å². The van der Waals surface area contributed by atoms with Crippen LogP contribution in [-0.4, -0.2) is 31.7 Å². The highest BCUT2D eigenvalue weighted by Crippen LogP contribution is 2.10. The molecule has 0 saturated carbocycles. The Hall–Kier alpha value is -0.0800. The van der Waals surface area contributed by atoms with Gasteiger partial charge in [-0.3, -0.25) is 4.90 Å². The van der Waals surface area contributed by atoms with Gasteiger partial charge in [-0.05, 0) is 33.5 Å². The summed E-state index contributed by atoms with van der Waals surface area (Å²) in [7, 11) is 4.35. The molecule has 104 valence electrons. The lowest BCUT2D eigenvalue weighted by Gasteiger charge is -2.25. The first-order valence-electron chi connectivity index (χ1n) is 7.62. The Bertz CT molecular complexity index is 146. The summed E-state index contributed by atoms with van der Waals surface area (Å²) in [5, 5.41) is 3.61. The van der Waals surface area contributed by atoms with Gasteiger partial charge in [-0.2, -0.15) is 0 Å². The van der Waals surface area contributed by atoms with Gasteiger partial charge in [0.25, 0.3) is 0 Å². The molecule has 0 aliphatic heterocycles. The van der Waals surface area contributed by atoms with Crippen LogP contribution in [0.25, 0.3) is 0 Å². The third-order valence-corrected chi connectivity index (χ3v) is 3.33. The zero-order chi connectivity index (χ0) is 12.9. The SMILES string of the molecule is CCCCCCCCCC(NCCC)N(C)C. The fourth-order valence-corrected chi connectivity index (χ4v) is 2.15. The number of nitrogens with zero attached hydrogens (tertiary/aromatic N) is 1. The Morgan fingerprint density at radius 3 is 1.94 bits per heavy atom. The Kier molecular flexibility index (Phi) is 12.3. The van der Waals surface area contributed by atoms with Crippen LogP contribution in [0.15, 0.2) is 0 Å². The van der Waals surface area contributed by atoms with Crippen molar-refractivity contribution in [1.82, 2.24) is 10.2 Å². The standard InChI is InChI=1S/C15H34N2/c1-5-7-8-9-10-11-12-13-15(17(3)4)16-14-6-2/h15-16H,5-14H2,1-4H3. The largest absolute Gasteiger partial charge is 0.302 e. The maximum Gasteiger partial charge on any atom is 0.0592 e. The average Bonchev–Trinajstić information content (AvgIpc) is 2.31. The maximum atomic E-state index is 3.61. The number of hydrogen-bond donors (Lipinski definition) is 1. The van der Waals surface area contributed by atoms with Gasteiger partial charge >= 0.3 is 0 Å². The molecule has 0 fully saturated rings. The average molecular weight is 242 g/mol. The van der Waals surface area contributed by atoms with Gasteiger partial charge in [-0.1, -0.05) is 58.8 Å². The van der Waals surface area contributed by atoms with E-state index in [1.807, 2.05) is 0 Å². The molecule has 0 aliphatic rings. The summed E-state index contributed by atoms with van der Waals surface area (Å²) < 4.78 is 0. The molecule has 0 spiro atoms. The van der Waals surface area contributed by atoms with Crippen LogP contribution in [0, 0.1) is 0 Å². The normalized spacial score (nSPS) is 13.2. The van der Waals surface area contributed by atoms with Crippen molar-refractivity contribution < 1.29 is 0 Å². The van der Waals surface area contributed by atoms with E-state index in [-0.39, 0.29) is 0 Å². The zero-order valence-electron chi connectivity index (χ0n) is 12.6.